The molecule has 0 radical (unpaired) electrons. The van der Waals surface area contributed by atoms with E-state index in [1.54, 1.807) is 0 Å². The average Bonchev–Trinajstić information content (AvgIpc) is 3.33. The van der Waals surface area contributed by atoms with Gasteiger partial charge in [-0.1, -0.05) is 36.4 Å². The molecule has 0 bridgehead atoms. The quantitative estimate of drug-likeness (QED) is 0.811. The van der Waals surface area contributed by atoms with Crippen molar-refractivity contribution in [2.24, 2.45) is 0 Å². The number of rotatable bonds is 3. The maximum atomic E-state index is 12.9. The summed E-state index contributed by atoms with van der Waals surface area (Å²) in [7, 11) is 0. The van der Waals surface area contributed by atoms with Gasteiger partial charge in [-0.2, -0.15) is 0 Å². The minimum atomic E-state index is -0.134. The van der Waals surface area contributed by atoms with E-state index in [2.05, 4.69) is 4.90 Å². The second-order valence-corrected chi connectivity index (χ2v) is 9.18. The van der Waals surface area contributed by atoms with Gasteiger partial charge in [-0.05, 0) is 29.9 Å². The lowest BCUT2D eigenvalue weighted by Crippen LogP contribution is -2.53. The van der Waals surface area contributed by atoms with E-state index in [-0.39, 0.29) is 16.7 Å². The number of carbonyl (C=O) groups is 2. The SMILES string of the molecule is O=C(Cc1ccccc1)N1CCC2(CC1)SCCN2C(=O)c1cccs1. The van der Waals surface area contributed by atoms with Crippen LogP contribution in [0.3, 0.4) is 0 Å². The number of nitrogens with zero attached hydrogens (tertiary/aromatic N) is 2. The average molecular weight is 387 g/mol. The van der Waals surface area contributed by atoms with Gasteiger partial charge in [-0.15, -0.1) is 23.1 Å². The van der Waals surface area contributed by atoms with Crippen molar-refractivity contribution in [2.75, 3.05) is 25.4 Å². The lowest BCUT2D eigenvalue weighted by atomic mass is 10.0. The Hall–Kier alpha value is -1.79. The van der Waals surface area contributed by atoms with Gasteiger partial charge in [0.05, 0.1) is 16.2 Å². The van der Waals surface area contributed by atoms with Crippen LogP contribution < -0.4 is 0 Å². The lowest BCUT2D eigenvalue weighted by Gasteiger charge is -2.44. The number of hydrogen-bond acceptors (Lipinski definition) is 4. The molecule has 1 spiro atoms. The molecular formula is C20H22N2O2S2. The summed E-state index contributed by atoms with van der Waals surface area (Å²) in [4.78, 5) is 30.2. The first-order chi connectivity index (χ1) is 12.7. The summed E-state index contributed by atoms with van der Waals surface area (Å²) in [6.07, 6.45) is 2.17. The molecule has 2 aromatic rings. The molecule has 0 unspecified atom stereocenters. The number of amides is 2. The molecule has 2 saturated heterocycles. The number of benzene rings is 1. The highest BCUT2D eigenvalue weighted by Crippen LogP contribution is 2.44. The summed E-state index contributed by atoms with van der Waals surface area (Å²) >= 11 is 3.40. The van der Waals surface area contributed by atoms with Gasteiger partial charge in [0.1, 0.15) is 0 Å². The van der Waals surface area contributed by atoms with Gasteiger partial charge < -0.3 is 9.80 Å². The van der Waals surface area contributed by atoms with Crippen LogP contribution in [0, 0.1) is 0 Å². The predicted octanol–water partition coefficient (Wildman–Crippen LogP) is 3.50. The van der Waals surface area contributed by atoms with Crippen LogP contribution >= 0.6 is 23.1 Å². The monoisotopic (exact) mass is 386 g/mol. The van der Waals surface area contributed by atoms with Crippen LogP contribution in [0.15, 0.2) is 47.8 Å². The van der Waals surface area contributed by atoms with E-state index in [1.807, 2.05) is 64.5 Å². The summed E-state index contributed by atoms with van der Waals surface area (Å²) < 4.78 is 0. The Kier molecular flexibility index (Phi) is 5.05. The fourth-order valence-electron chi connectivity index (χ4n) is 3.83. The van der Waals surface area contributed by atoms with Crippen molar-refractivity contribution in [2.45, 2.75) is 24.1 Å². The minimum absolute atomic E-state index is 0.134. The third-order valence-electron chi connectivity index (χ3n) is 5.25. The van der Waals surface area contributed by atoms with Crippen LogP contribution in [0.4, 0.5) is 0 Å². The van der Waals surface area contributed by atoms with Gasteiger partial charge in [0.15, 0.2) is 0 Å². The normalized spacial score (nSPS) is 19.1. The first-order valence-corrected chi connectivity index (χ1v) is 10.9. The summed E-state index contributed by atoms with van der Waals surface area (Å²) in [5.41, 5.74) is 1.06. The van der Waals surface area contributed by atoms with Crippen LogP contribution in [0.5, 0.6) is 0 Å². The van der Waals surface area contributed by atoms with Crippen LogP contribution in [-0.2, 0) is 11.2 Å². The van der Waals surface area contributed by atoms with Crippen molar-refractivity contribution in [1.82, 2.24) is 9.80 Å². The molecule has 26 heavy (non-hydrogen) atoms. The first kappa shape index (κ1) is 17.6. The fraction of sp³-hybridized carbons (Fsp3) is 0.400. The van der Waals surface area contributed by atoms with Crippen LogP contribution in [-0.4, -0.2) is 51.9 Å². The second-order valence-electron chi connectivity index (χ2n) is 6.77. The second kappa shape index (κ2) is 7.45. The van der Waals surface area contributed by atoms with E-state index in [4.69, 9.17) is 0 Å². The Morgan fingerprint density at radius 2 is 1.77 bits per heavy atom. The zero-order valence-electron chi connectivity index (χ0n) is 14.6. The number of hydrogen-bond donors (Lipinski definition) is 0. The van der Waals surface area contributed by atoms with Crippen LogP contribution in [0.2, 0.25) is 0 Å². The van der Waals surface area contributed by atoms with E-state index >= 15 is 0 Å². The summed E-state index contributed by atoms with van der Waals surface area (Å²) in [6.45, 7) is 2.26. The summed E-state index contributed by atoms with van der Waals surface area (Å²) in [5, 5.41) is 1.95. The molecule has 4 rings (SSSR count). The van der Waals surface area contributed by atoms with Gasteiger partial charge in [0.2, 0.25) is 5.91 Å². The van der Waals surface area contributed by atoms with Gasteiger partial charge in [-0.3, -0.25) is 9.59 Å². The van der Waals surface area contributed by atoms with E-state index in [1.165, 1.54) is 11.3 Å². The van der Waals surface area contributed by atoms with Gasteiger partial charge in [0.25, 0.3) is 5.91 Å². The Balaban J connectivity index is 1.40. The highest BCUT2D eigenvalue weighted by molar-refractivity contribution is 8.00. The van der Waals surface area contributed by atoms with Crippen molar-refractivity contribution in [3.05, 3.63) is 58.3 Å². The molecule has 136 valence electrons. The molecule has 6 heteroatoms. The highest BCUT2D eigenvalue weighted by Gasteiger charge is 2.47. The molecule has 2 fully saturated rings. The largest absolute Gasteiger partial charge is 0.342 e. The molecule has 0 N–H and O–H groups in total. The third-order valence-corrected chi connectivity index (χ3v) is 7.66. The van der Waals surface area contributed by atoms with Crippen molar-refractivity contribution >= 4 is 34.9 Å². The lowest BCUT2D eigenvalue weighted by molar-refractivity contribution is -0.132. The maximum absolute atomic E-state index is 12.9. The standard InChI is InChI=1S/C20H22N2O2S2/c23-18(15-16-5-2-1-3-6-16)21-10-8-20(9-11-21)22(12-14-26-20)19(24)17-7-4-13-25-17/h1-7,13H,8-12,14-15H2. The Bertz CT molecular complexity index is 768. The van der Waals surface area contributed by atoms with E-state index in [9.17, 15) is 9.59 Å². The summed E-state index contributed by atoms with van der Waals surface area (Å²) in [5.74, 6) is 1.31. The van der Waals surface area contributed by atoms with E-state index in [0.717, 1.165) is 48.7 Å². The minimum Gasteiger partial charge on any atom is -0.342 e. The predicted molar refractivity (Wildman–Crippen MR) is 107 cm³/mol. The zero-order valence-corrected chi connectivity index (χ0v) is 16.2. The molecule has 0 saturated carbocycles. The molecule has 0 aliphatic carbocycles. The molecule has 1 aromatic carbocycles. The number of likely N-dealkylation sites (tertiary alicyclic amines) is 1. The molecule has 3 heterocycles. The molecule has 2 aliphatic heterocycles. The maximum Gasteiger partial charge on any atom is 0.265 e. The molecule has 1 aromatic heterocycles. The smallest absolute Gasteiger partial charge is 0.265 e. The first-order valence-electron chi connectivity index (χ1n) is 8.99. The van der Waals surface area contributed by atoms with Gasteiger partial charge in [-0.25, -0.2) is 0 Å². The van der Waals surface area contributed by atoms with Gasteiger partial charge in [0, 0.05) is 25.4 Å². The number of thiophene rings is 1. The summed E-state index contributed by atoms with van der Waals surface area (Å²) in [6, 6.07) is 13.7. The van der Waals surface area contributed by atoms with Crippen LogP contribution in [0.1, 0.15) is 28.1 Å². The zero-order chi connectivity index (χ0) is 18.0. The third kappa shape index (κ3) is 3.40. The molecule has 2 amide bonds. The van der Waals surface area contributed by atoms with Crippen LogP contribution in [0.25, 0.3) is 0 Å². The number of thioether (sulfide) groups is 1. The molecule has 4 nitrogen and oxygen atoms in total. The highest BCUT2D eigenvalue weighted by atomic mass is 32.2. The Labute approximate surface area is 162 Å². The fourth-order valence-corrected chi connectivity index (χ4v) is 5.96. The van der Waals surface area contributed by atoms with E-state index in [0.29, 0.717) is 6.42 Å². The Morgan fingerprint density at radius 1 is 1.00 bits per heavy atom. The van der Waals surface area contributed by atoms with Crippen molar-refractivity contribution < 1.29 is 9.59 Å². The van der Waals surface area contributed by atoms with Gasteiger partial charge >= 0.3 is 0 Å². The van der Waals surface area contributed by atoms with E-state index < -0.39 is 0 Å². The number of carbonyl (C=O) groups excluding carboxylic acids is 2. The van der Waals surface area contributed by atoms with Crippen molar-refractivity contribution in [3.63, 3.8) is 0 Å². The topological polar surface area (TPSA) is 40.6 Å². The van der Waals surface area contributed by atoms with Crippen molar-refractivity contribution in [1.29, 1.82) is 0 Å². The molecule has 2 aliphatic rings. The molecular weight excluding hydrogens is 364 g/mol. The number of piperidine rings is 1. The molecule has 0 atom stereocenters. The Morgan fingerprint density at radius 3 is 2.46 bits per heavy atom. The van der Waals surface area contributed by atoms with Crippen molar-refractivity contribution in [3.8, 4) is 0 Å².